The van der Waals surface area contributed by atoms with E-state index >= 15 is 0 Å². The van der Waals surface area contributed by atoms with Gasteiger partial charge in [0.15, 0.2) is 0 Å². The molecule has 0 amide bonds. The summed E-state index contributed by atoms with van der Waals surface area (Å²) in [7, 11) is 0. The minimum Gasteiger partial charge on any atom is -0.366 e. The number of nitrogens with zero attached hydrogens (tertiary/aromatic N) is 1. The number of hydrogen-bond acceptors (Lipinski definition) is 2. The molecule has 2 nitrogen and oxygen atoms in total. The maximum absolute atomic E-state index is 13.6. The normalized spacial score (nSPS) is 22.8. The van der Waals surface area contributed by atoms with Crippen LogP contribution in [0.2, 0.25) is 0 Å². The summed E-state index contributed by atoms with van der Waals surface area (Å²) in [5.74, 6) is -0.144. The summed E-state index contributed by atoms with van der Waals surface area (Å²) < 4.78 is 13.6. The molecular formula is C17H27FN2. The van der Waals surface area contributed by atoms with Crippen LogP contribution in [-0.4, -0.2) is 18.1 Å². The summed E-state index contributed by atoms with van der Waals surface area (Å²) in [6, 6.07) is 6.77. The molecule has 1 fully saturated rings. The van der Waals surface area contributed by atoms with Crippen LogP contribution in [-0.2, 0) is 6.54 Å². The Morgan fingerprint density at radius 3 is 2.75 bits per heavy atom. The number of rotatable bonds is 5. The highest BCUT2D eigenvalue weighted by atomic mass is 19.1. The van der Waals surface area contributed by atoms with Crippen molar-refractivity contribution < 1.29 is 4.39 Å². The van der Waals surface area contributed by atoms with E-state index < -0.39 is 0 Å². The molecule has 20 heavy (non-hydrogen) atoms. The molecular weight excluding hydrogens is 251 g/mol. The summed E-state index contributed by atoms with van der Waals surface area (Å²) in [5.41, 5.74) is 2.28. The van der Waals surface area contributed by atoms with Crippen LogP contribution in [0.4, 0.5) is 10.1 Å². The number of anilines is 1. The van der Waals surface area contributed by atoms with Crippen LogP contribution in [0.5, 0.6) is 0 Å². The van der Waals surface area contributed by atoms with E-state index in [1.807, 2.05) is 6.07 Å². The smallest absolute Gasteiger partial charge is 0.123 e. The molecule has 1 heterocycles. The van der Waals surface area contributed by atoms with Gasteiger partial charge in [0.1, 0.15) is 5.82 Å². The SMILES string of the molecule is CCC1CCC(C)N1c1ccc(F)cc1CNC(C)C. The molecule has 112 valence electrons. The standard InChI is InChI=1S/C17H27FN2/c1-5-16-8-6-13(4)20(16)17-9-7-15(18)10-14(17)11-19-12(2)3/h7,9-10,12-13,16,19H,5-6,8,11H2,1-4H3. The van der Waals surface area contributed by atoms with Gasteiger partial charge in [-0.3, -0.25) is 0 Å². The minimum atomic E-state index is -0.144. The lowest BCUT2D eigenvalue weighted by Crippen LogP contribution is -2.35. The third kappa shape index (κ3) is 3.32. The Balaban J connectivity index is 2.29. The van der Waals surface area contributed by atoms with Gasteiger partial charge in [-0.25, -0.2) is 4.39 Å². The largest absolute Gasteiger partial charge is 0.366 e. The van der Waals surface area contributed by atoms with Crippen LogP contribution in [0.3, 0.4) is 0 Å². The van der Waals surface area contributed by atoms with Gasteiger partial charge in [-0.2, -0.15) is 0 Å². The molecule has 0 aromatic heterocycles. The van der Waals surface area contributed by atoms with Gasteiger partial charge in [-0.15, -0.1) is 0 Å². The Labute approximate surface area is 122 Å². The van der Waals surface area contributed by atoms with Crippen LogP contribution >= 0.6 is 0 Å². The van der Waals surface area contributed by atoms with Crippen LogP contribution < -0.4 is 10.2 Å². The van der Waals surface area contributed by atoms with Gasteiger partial charge in [0.2, 0.25) is 0 Å². The summed E-state index contributed by atoms with van der Waals surface area (Å²) in [5, 5.41) is 3.41. The maximum atomic E-state index is 13.6. The van der Waals surface area contributed by atoms with E-state index in [4.69, 9.17) is 0 Å². The predicted octanol–water partition coefficient (Wildman–Crippen LogP) is 4.09. The van der Waals surface area contributed by atoms with Gasteiger partial charge in [-0.1, -0.05) is 20.8 Å². The molecule has 3 heteroatoms. The van der Waals surface area contributed by atoms with Crippen molar-refractivity contribution >= 4 is 5.69 Å². The van der Waals surface area contributed by atoms with E-state index in [1.54, 1.807) is 12.1 Å². The minimum absolute atomic E-state index is 0.144. The molecule has 2 atom stereocenters. The van der Waals surface area contributed by atoms with Crippen molar-refractivity contribution in [1.82, 2.24) is 5.32 Å². The highest BCUT2D eigenvalue weighted by molar-refractivity contribution is 5.56. The van der Waals surface area contributed by atoms with Gasteiger partial charge < -0.3 is 10.2 Å². The summed E-state index contributed by atoms with van der Waals surface area (Å²) in [6.07, 6.45) is 3.62. The molecule has 1 aliphatic heterocycles. The lowest BCUT2D eigenvalue weighted by Gasteiger charge is -2.32. The second-order valence-electron chi connectivity index (χ2n) is 6.20. The van der Waals surface area contributed by atoms with E-state index in [0.717, 1.165) is 18.5 Å². The van der Waals surface area contributed by atoms with E-state index in [-0.39, 0.29) is 5.82 Å². The average molecular weight is 278 g/mol. The summed E-state index contributed by atoms with van der Waals surface area (Å²) >= 11 is 0. The first-order valence-electron chi connectivity index (χ1n) is 7.83. The van der Waals surface area contributed by atoms with Gasteiger partial charge in [0, 0.05) is 30.4 Å². The molecule has 1 aromatic carbocycles. The number of benzene rings is 1. The predicted molar refractivity (Wildman–Crippen MR) is 83.6 cm³/mol. The van der Waals surface area contributed by atoms with Gasteiger partial charge in [0.05, 0.1) is 0 Å². The van der Waals surface area contributed by atoms with Crippen LogP contribution in [0.1, 0.15) is 52.5 Å². The molecule has 1 saturated heterocycles. The number of halogens is 1. The second kappa shape index (κ2) is 6.57. The average Bonchev–Trinajstić information content (AvgIpc) is 2.77. The molecule has 2 unspecified atom stereocenters. The topological polar surface area (TPSA) is 15.3 Å². The van der Waals surface area contributed by atoms with E-state index in [0.29, 0.717) is 18.1 Å². The molecule has 2 rings (SSSR count). The van der Waals surface area contributed by atoms with Gasteiger partial charge in [0.25, 0.3) is 0 Å². The van der Waals surface area contributed by atoms with E-state index in [1.165, 1.54) is 18.5 Å². The Hall–Kier alpha value is -1.09. The summed E-state index contributed by atoms with van der Waals surface area (Å²) in [6.45, 7) is 9.48. The Kier molecular flexibility index (Phi) is 5.03. The van der Waals surface area contributed by atoms with Crippen molar-refractivity contribution in [3.8, 4) is 0 Å². The quantitative estimate of drug-likeness (QED) is 0.872. The molecule has 0 bridgehead atoms. The second-order valence-corrected chi connectivity index (χ2v) is 6.20. The molecule has 0 spiro atoms. The Morgan fingerprint density at radius 1 is 1.35 bits per heavy atom. The molecule has 1 aromatic rings. The van der Waals surface area contributed by atoms with Crippen molar-refractivity contribution in [2.24, 2.45) is 0 Å². The van der Waals surface area contributed by atoms with Crippen molar-refractivity contribution in [2.45, 2.75) is 71.6 Å². The lowest BCUT2D eigenvalue weighted by molar-refractivity contribution is 0.573. The molecule has 0 aliphatic carbocycles. The third-order valence-corrected chi connectivity index (χ3v) is 4.28. The Morgan fingerprint density at radius 2 is 2.10 bits per heavy atom. The fourth-order valence-electron chi connectivity index (χ4n) is 3.17. The van der Waals surface area contributed by atoms with Crippen molar-refractivity contribution in [2.75, 3.05) is 4.90 Å². The Bertz CT molecular complexity index is 445. The fourth-order valence-corrected chi connectivity index (χ4v) is 3.17. The molecule has 1 N–H and O–H groups in total. The van der Waals surface area contributed by atoms with Crippen LogP contribution in [0.25, 0.3) is 0 Å². The third-order valence-electron chi connectivity index (χ3n) is 4.28. The number of nitrogens with one attached hydrogen (secondary N) is 1. The lowest BCUT2D eigenvalue weighted by atomic mass is 10.1. The van der Waals surface area contributed by atoms with Gasteiger partial charge in [-0.05, 0) is 49.9 Å². The maximum Gasteiger partial charge on any atom is 0.123 e. The molecule has 0 saturated carbocycles. The molecule has 1 aliphatic rings. The highest BCUT2D eigenvalue weighted by Crippen LogP contribution is 2.34. The zero-order chi connectivity index (χ0) is 14.7. The van der Waals surface area contributed by atoms with Crippen molar-refractivity contribution in [3.05, 3.63) is 29.6 Å². The summed E-state index contributed by atoms with van der Waals surface area (Å²) in [4.78, 5) is 2.50. The van der Waals surface area contributed by atoms with Crippen LogP contribution in [0, 0.1) is 5.82 Å². The van der Waals surface area contributed by atoms with Gasteiger partial charge >= 0.3 is 0 Å². The zero-order valence-electron chi connectivity index (χ0n) is 13.1. The van der Waals surface area contributed by atoms with Crippen molar-refractivity contribution in [3.63, 3.8) is 0 Å². The number of hydrogen-bond donors (Lipinski definition) is 1. The molecule has 0 radical (unpaired) electrons. The highest BCUT2D eigenvalue weighted by Gasteiger charge is 2.30. The fraction of sp³-hybridized carbons (Fsp3) is 0.647. The van der Waals surface area contributed by atoms with Crippen molar-refractivity contribution in [1.29, 1.82) is 0 Å². The van der Waals surface area contributed by atoms with Crippen LogP contribution in [0.15, 0.2) is 18.2 Å². The zero-order valence-corrected chi connectivity index (χ0v) is 13.1. The monoisotopic (exact) mass is 278 g/mol. The van der Waals surface area contributed by atoms with E-state index in [2.05, 4.69) is 37.9 Å². The van der Waals surface area contributed by atoms with E-state index in [9.17, 15) is 4.39 Å². The first-order chi connectivity index (χ1) is 9.52. The first kappa shape index (κ1) is 15.3. The first-order valence-corrected chi connectivity index (χ1v) is 7.83.